The molecule has 1 saturated heterocycles. The first kappa shape index (κ1) is 12.1. The van der Waals surface area contributed by atoms with Gasteiger partial charge in [-0.25, -0.2) is 0 Å². The zero-order chi connectivity index (χ0) is 10.8. The molecule has 1 saturated carbocycles. The van der Waals surface area contributed by atoms with E-state index in [1.54, 1.807) is 0 Å². The second-order valence-electron chi connectivity index (χ2n) is 5.27. The topological polar surface area (TPSA) is 18.5 Å². The first-order chi connectivity index (χ1) is 7.15. The van der Waals surface area contributed by atoms with Crippen molar-refractivity contribution in [3.05, 3.63) is 0 Å². The summed E-state index contributed by atoms with van der Waals surface area (Å²) in [5.41, 5.74) is 0. The predicted octanol–water partition coefficient (Wildman–Crippen LogP) is 3.03. The molecule has 0 amide bonds. The highest BCUT2D eigenvalue weighted by Gasteiger charge is 2.32. The highest BCUT2D eigenvalue weighted by Crippen LogP contribution is 2.32. The van der Waals surface area contributed by atoms with Crippen LogP contribution in [0.1, 0.15) is 33.1 Å². The summed E-state index contributed by atoms with van der Waals surface area (Å²) in [5.74, 6) is 1.66. The zero-order valence-corrected chi connectivity index (χ0v) is 11.8. The van der Waals surface area contributed by atoms with Gasteiger partial charge in [0.25, 0.3) is 0 Å². The van der Waals surface area contributed by atoms with E-state index in [4.69, 9.17) is 9.47 Å². The molecular weight excluding hydrogens is 303 g/mol. The van der Waals surface area contributed by atoms with Gasteiger partial charge in [-0.2, -0.15) is 0 Å². The molecule has 2 nitrogen and oxygen atoms in total. The van der Waals surface area contributed by atoms with Crippen molar-refractivity contribution in [1.29, 1.82) is 0 Å². The summed E-state index contributed by atoms with van der Waals surface area (Å²) in [6.45, 7) is 6.35. The summed E-state index contributed by atoms with van der Waals surface area (Å²) >= 11 is 2.45. The van der Waals surface area contributed by atoms with Crippen molar-refractivity contribution in [2.24, 2.45) is 11.8 Å². The summed E-state index contributed by atoms with van der Waals surface area (Å²) in [6.07, 6.45) is 4.67. The summed E-state index contributed by atoms with van der Waals surface area (Å²) < 4.78 is 12.2. The Morgan fingerprint density at radius 3 is 2.27 bits per heavy atom. The van der Waals surface area contributed by atoms with E-state index in [0.29, 0.717) is 16.1 Å². The van der Waals surface area contributed by atoms with Gasteiger partial charge in [-0.1, -0.05) is 36.4 Å². The zero-order valence-electron chi connectivity index (χ0n) is 9.62. The molecule has 4 atom stereocenters. The minimum absolute atomic E-state index is 0.341. The van der Waals surface area contributed by atoms with Gasteiger partial charge in [0.1, 0.15) is 0 Å². The Bertz CT molecular complexity index is 200. The molecule has 0 aromatic heterocycles. The largest absolute Gasteiger partial charge is 0.378 e. The van der Waals surface area contributed by atoms with Crippen LogP contribution in [0.5, 0.6) is 0 Å². The second kappa shape index (κ2) is 5.32. The standard InChI is InChI=1S/C12H21IO2/c1-8-3-9(2)5-10(4-8)15-12-7-14-6-11(12)13/h8-12H,3-7H2,1-2H3. The maximum atomic E-state index is 6.17. The van der Waals surface area contributed by atoms with Crippen LogP contribution < -0.4 is 0 Å². The lowest BCUT2D eigenvalue weighted by Crippen LogP contribution is -2.33. The van der Waals surface area contributed by atoms with E-state index in [0.717, 1.165) is 25.0 Å². The van der Waals surface area contributed by atoms with Crippen LogP contribution in [0.4, 0.5) is 0 Å². The normalized spacial score (nSPS) is 47.0. The fourth-order valence-electron chi connectivity index (χ4n) is 2.86. The molecule has 15 heavy (non-hydrogen) atoms. The summed E-state index contributed by atoms with van der Waals surface area (Å²) in [4.78, 5) is 0. The molecule has 1 heterocycles. The van der Waals surface area contributed by atoms with Crippen LogP contribution in [-0.2, 0) is 9.47 Å². The molecule has 4 unspecified atom stereocenters. The molecule has 0 spiro atoms. The highest BCUT2D eigenvalue weighted by atomic mass is 127. The molecule has 3 heteroatoms. The Labute approximate surface area is 106 Å². The first-order valence-electron chi connectivity index (χ1n) is 6.02. The van der Waals surface area contributed by atoms with Gasteiger partial charge in [0.05, 0.1) is 29.3 Å². The van der Waals surface area contributed by atoms with Crippen LogP contribution in [0.3, 0.4) is 0 Å². The molecule has 0 aromatic carbocycles. The summed E-state index contributed by atoms with van der Waals surface area (Å²) in [7, 11) is 0. The molecule has 0 N–H and O–H groups in total. The van der Waals surface area contributed by atoms with E-state index in [-0.39, 0.29) is 0 Å². The van der Waals surface area contributed by atoms with Gasteiger partial charge in [-0.3, -0.25) is 0 Å². The number of hydrogen-bond acceptors (Lipinski definition) is 2. The SMILES string of the molecule is CC1CC(C)CC(OC2COCC2I)C1. The lowest BCUT2D eigenvalue weighted by molar-refractivity contribution is -0.0476. The van der Waals surface area contributed by atoms with E-state index in [9.17, 15) is 0 Å². The smallest absolute Gasteiger partial charge is 0.0951 e. The van der Waals surface area contributed by atoms with Gasteiger partial charge in [0.2, 0.25) is 0 Å². The van der Waals surface area contributed by atoms with Crippen molar-refractivity contribution in [2.45, 2.75) is 49.2 Å². The average molecular weight is 324 g/mol. The van der Waals surface area contributed by atoms with Crippen LogP contribution in [0.2, 0.25) is 0 Å². The minimum Gasteiger partial charge on any atom is -0.378 e. The predicted molar refractivity (Wildman–Crippen MR) is 69.5 cm³/mol. The third-order valence-electron chi connectivity index (χ3n) is 3.47. The molecule has 2 rings (SSSR count). The summed E-state index contributed by atoms with van der Waals surface area (Å²) in [6, 6.07) is 0. The van der Waals surface area contributed by atoms with Crippen LogP contribution in [0.15, 0.2) is 0 Å². The van der Waals surface area contributed by atoms with Crippen molar-refractivity contribution in [1.82, 2.24) is 0 Å². The maximum absolute atomic E-state index is 6.17. The van der Waals surface area contributed by atoms with E-state index in [2.05, 4.69) is 36.4 Å². The van der Waals surface area contributed by atoms with E-state index >= 15 is 0 Å². The van der Waals surface area contributed by atoms with Gasteiger partial charge in [0, 0.05) is 0 Å². The molecule has 2 aliphatic rings. The first-order valence-corrected chi connectivity index (χ1v) is 7.27. The minimum atomic E-state index is 0.341. The Hall–Kier alpha value is 0.650. The molecule has 1 aliphatic carbocycles. The second-order valence-corrected chi connectivity index (χ2v) is 6.87. The van der Waals surface area contributed by atoms with E-state index in [1.807, 2.05) is 0 Å². The van der Waals surface area contributed by atoms with E-state index < -0.39 is 0 Å². The van der Waals surface area contributed by atoms with E-state index in [1.165, 1.54) is 19.3 Å². The van der Waals surface area contributed by atoms with Gasteiger partial charge < -0.3 is 9.47 Å². The fraction of sp³-hybridized carbons (Fsp3) is 1.00. The Morgan fingerprint density at radius 2 is 1.73 bits per heavy atom. The Kier molecular flexibility index (Phi) is 4.30. The monoisotopic (exact) mass is 324 g/mol. The van der Waals surface area contributed by atoms with Gasteiger partial charge in [-0.15, -0.1) is 0 Å². The van der Waals surface area contributed by atoms with Crippen molar-refractivity contribution in [3.8, 4) is 0 Å². The average Bonchev–Trinajstić information content (AvgIpc) is 2.50. The third-order valence-corrected chi connectivity index (χ3v) is 4.63. The number of halogens is 1. The molecule has 0 radical (unpaired) electrons. The van der Waals surface area contributed by atoms with Gasteiger partial charge in [-0.05, 0) is 31.1 Å². The number of rotatable bonds is 2. The van der Waals surface area contributed by atoms with Crippen molar-refractivity contribution in [2.75, 3.05) is 13.2 Å². The quantitative estimate of drug-likeness (QED) is 0.574. The van der Waals surface area contributed by atoms with Gasteiger partial charge in [0.15, 0.2) is 0 Å². The molecule has 0 bridgehead atoms. The molecule has 2 fully saturated rings. The van der Waals surface area contributed by atoms with Crippen molar-refractivity contribution >= 4 is 22.6 Å². The van der Waals surface area contributed by atoms with Crippen LogP contribution >= 0.6 is 22.6 Å². The summed E-state index contributed by atoms with van der Waals surface area (Å²) in [5, 5.41) is 0. The fourth-order valence-corrected chi connectivity index (χ4v) is 3.50. The number of hydrogen-bond donors (Lipinski definition) is 0. The lowest BCUT2D eigenvalue weighted by Gasteiger charge is -2.33. The van der Waals surface area contributed by atoms with Gasteiger partial charge >= 0.3 is 0 Å². The lowest BCUT2D eigenvalue weighted by atomic mass is 9.82. The van der Waals surface area contributed by atoms with Crippen LogP contribution in [0, 0.1) is 11.8 Å². The van der Waals surface area contributed by atoms with Crippen molar-refractivity contribution < 1.29 is 9.47 Å². The maximum Gasteiger partial charge on any atom is 0.0951 e. The number of alkyl halides is 1. The number of ether oxygens (including phenoxy) is 2. The van der Waals surface area contributed by atoms with Crippen LogP contribution in [-0.4, -0.2) is 29.3 Å². The molecule has 1 aliphatic heterocycles. The molecule has 88 valence electrons. The Balaban J connectivity index is 1.83. The molecular formula is C12H21IO2. The molecule has 0 aromatic rings. The van der Waals surface area contributed by atoms with Crippen LogP contribution in [0.25, 0.3) is 0 Å². The third kappa shape index (κ3) is 3.30. The van der Waals surface area contributed by atoms with Crippen molar-refractivity contribution in [3.63, 3.8) is 0 Å². The Morgan fingerprint density at radius 1 is 1.07 bits per heavy atom. The highest BCUT2D eigenvalue weighted by molar-refractivity contribution is 14.1.